The molecule has 3 N–H and O–H groups in total. The third-order valence-electron chi connectivity index (χ3n) is 3.32. The van der Waals surface area contributed by atoms with Crippen LogP contribution in [0.2, 0.25) is 0 Å². The van der Waals surface area contributed by atoms with E-state index in [1.54, 1.807) is 39.8 Å². The molecule has 1 aromatic carbocycles. The molecule has 0 heterocycles. The maximum atomic E-state index is 11.8. The predicted octanol–water partition coefficient (Wildman–Crippen LogP) is 2.93. The number of nitrogens with zero attached hydrogens (tertiary/aromatic N) is 1. The van der Waals surface area contributed by atoms with Gasteiger partial charge in [0.25, 0.3) is 0 Å². The Morgan fingerprint density at radius 1 is 1.48 bits per heavy atom. The van der Waals surface area contributed by atoms with Crippen molar-refractivity contribution < 1.29 is 14.6 Å². The molecule has 1 aromatic rings. The van der Waals surface area contributed by atoms with Crippen LogP contribution in [0.4, 0.5) is 0 Å². The molecule has 0 aliphatic carbocycles. The molecule has 0 aliphatic heterocycles. The van der Waals surface area contributed by atoms with Gasteiger partial charge in [-0.05, 0) is 45.4 Å². The van der Waals surface area contributed by atoms with E-state index in [0.717, 1.165) is 0 Å². The van der Waals surface area contributed by atoms with Crippen LogP contribution in [0.3, 0.4) is 0 Å². The van der Waals surface area contributed by atoms with Crippen LogP contribution >= 0.6 is 0 Å². The molecule has 6 nitrogen and oxygen atoms in total. The average molecular weight is 317 g/mol. The van der Waals surface area contributed by atoms with Crippen molar-refractivity contribution in [1.82, 2.24) is 0 Å². The summed E-state index contributed by atoms with van der Waals surface area (Å²) >= 11 is 0. The first-order valence-electron chi connectivity index (χ1n) is 7.34. The van der Waals surface area contributed by atoms with E-state index in [1.807, 2.05) is 0 Å². The Morgan fingerprint density at radius 2 is 2.13 bits per heavy atom. The van der Waals surface area contributed by atoms with Gasteiger partial charge in [0.05, 0.1) is 12.5 Å². The standard InChI is InChI=1S/C17H23N3O3/c1-5-23-16(22)17(3,4)20-10-13(9-18)12-6-7-14(11(2)19)15(21)8-12/h6-10,13,18-19,21H,5H2,1-4H3. The molecule has 124 valence electrons. The molecule has 1 unspecified atom stereocenters. The molecule has 0 saturated carbocycles. The summed E-state index contributed by atoms with van der Waals surface area (Å²) in [6, 6.07) is 4.87. The number of benzene rings is 1. The van der Waals surface area contributed by atoms with E-state index in [1.165, 1.54) is 18.5 Å². The molecule has 0 radical (unpaired) electrons. The van der Waals surface area contributed by atoms with Gasteiger partial charge in [0.15, 0.2) is 5.54 Å². The number of hydrogen-bond acceptors (Lipinski definition) is 6. The summed E-state index contributed by atoms with van der Waals surface area (Å²) in [5.74, 6) is -0.924. The van der Waals surface area contributed by atoms with Crippen molar-refractivity contribution >= 4 is 24.1 Å². The molecule has 0 fully saturated rings. The first-order valence-corrected chi connectivity index (χ1v) is 7.34. The summed E-state index contributed by atoms with van der Waals surface area (Å²) in [6.07, 6.45) is 2.67. The Labute approximate surface area is 136 Å². The van der Waals surface area contributed by atoms with Crippen molar-refractivity contribution in [3.05, 3.63) is 29.3 Å². The normalized spacial score (nSPS) is 12.9. The number of nitrogens with one attached hydrogen (secondary N) is 2. The Kier molecular flexibility index (Phi) is 6.18. The number of esters is 1. The van der Waals surface area contributed by atoms with Crippen LogP contribution in [0.15, 0.2) is 23.2 Å². The molecular weight excluding hydrogens is 294 g/mol. The molecule has 0 spiro atoms. The number of phenolic OH excluding ortho intramolecular Hbond substituents is 1. The van der Waals surface area contributed by atoms with E-state index < -0.39 is 17.4 Å². The Bertz CT molecular complexity index is 636. The quantitative estimate of drug-likeness (QED) is 0.531. The van der Waals surface area contributed by atoms with Gasteiger partial charge in [0, 0.05) is 23.7 Å². The number of aliphatic imine (C=N–C) groups is 1. The zero-order chi connectivity index (χ0) is 17.6. The topological polar surface area (TPSA) is 107 Å². The van der Waals surface area contributed by atoms with Crippen LogP contribution < -0.4 is 0 Å². The van der Waals surface area contributed by atoms with E-state index in [2.05, 4.69) is 4.99 Å². The Morgan fingerprint density at radius 3 is 2.61 bits per heavy atom. The zero-order valence-electron chi connectivity index (χ0n) is 13.9. The number of aromatic hydroxyl groups is 1. The SMILES string of the molecule is CCOC(=O)C(C)(C)N=CC(C=N)c1ccc(C(C)=N)c(O)c1. The Balaban J connectivity index is 3.03. The van der Waals surface area contributed by atoms with E-state index >= 15 is 0 Å². The lowest BCUT2D eigenvalue weighted by molar-refractivity contribution is -0.148. The van der Waals surface area contributed by atoms with Crippen LogP contribution in [0.25, 0.3) is 0 Å². The molecule has 0 aliphatic rings. The Hall–Kier alpha value is -2.50. The fraction of sp³-hybridized carbons (Fsp3) is 0.412. The zero-order valence-corrected chi connectivity index (χ0v) is 13.9. The van der Waals surface area contributed by atoms with Crippen LogP contribution in [0.1, 0.15) is 44.7 Å². The largest absolute Gasteiger partial charge is 0.507 e. The van der Waals surface area contributed by atoms with E-state index in [9.17, 15) is 9.90 Å². The van der Waals surface area contributed by atoms with E-state index in [4.69, 9.17) is 15.6 Å². The molecule has 6 heteroatoms. The summed E-state index contributed by atoms with van der Waals surface area (Å²) in [5, 5.41) is 25.1. The van der Waals surface area contributed by atoms with Crippen LogP contribution in [-0.4, -0.2) is 41.4 Å². The number of ether oxygens (including phenoxy) is 1. The molecule has 0 saturated heterocycles. The number of phenols is 1. The van der Waals surface area contributed by atoms with Gasteiger partial charge in [-0.25, -0.2) is 4.79 Å². The highest BCUT2D eigenvalue weighted by molar-refractivity contribution is 5.99. The van der Waals surface area contributed by atoms with Gasteiger partial charge in [0.1, 0.15) is 5.75 Å². The lowest BCUT2D eigenvalue weighted by Gasteiger charge is -2.18. The van der Waals surface area contributed by atoms with Crippen molar-refractivity contribution in [3.8, 4) is 5.75 Å². The van der Waals surface area contributed by atoms with Gasteiger partial charge in [-0.3, -0.25) is 4.99 Å². The number of hydrogen-bond donors (Lipinski definition) is 3. The van der Waals surface area contributed by atoms with E-state index in [0.29, 0.717) is 11.1 Å². The van der Waals surface area contributed by atoms with Crippen LogP contribution in [0, 0.1) is 10.8 Å². The van der Waals surface area contributed by atoms with Gasteiger partial charge < -0.3 is 20.7 Å². The minimum Gasteiger partial charge on any atom is -0.507 e. The van der Waals surface area contributed by atoms with Gasteiger partial charge in [-0.15, -0.1) is 0 Å². The highest BCUT2D eigenvalue weighted by atomic mass is 16.5. The van der Waals surface area contributed by atoms with Crippen molar-refractivity contribution in [2.24, 2.45) is 4.99 Å². The third-order valence-corrected chi connectivity index (χ3v) is 3.32. The van der Waals surface area contributed by atoms with Gasteiger partial charge in [-0.2, -0.15) is 0 Å². The minimum atomic E-state index is -1.04. The monoisotopic (exact) mass is 317 g/mol. The molecule has 1 rings (SSSR count). The maximum Gasteiger partial charge on any atom is 0.333 e. The lowest BCUT2D eigenvalue weighted by Crippen LogP contribution is -2.32. The van der Waals surface area contributed by atoms with Crippen LogP contribution in [-0.2, 0) is 9.53 Å². The average Bonchev–Trinajstić information content (AvgIpc) is 2.47. The maximum absolute atomic E-state index is 11.8. The molecule has 0 amide bonds. The second-order valence-corrected chi connectivity index (χ2v) is 5.65. The van der Waals surface area contributed by atoms with Gasteiger partial charge in [-0.1, -0.05) is 6.07 Å². The van der Waals surface area contributed by atoms with Crippen molar-refractivity contribution in [1.29, 1.82) is 10.8 Å². The summed E-state index contributed by atoms with van der Waals surface area (Å²) in [7, 11) is 0. The molecular formula is C17H23N3O3. The smallest absolute Gasteiger partial charge is 0.333 e. The second-order valence-electron chi connectivity index (χ2n) is 5.65. The molecule has 1 atom stereocenters. The molecule has 23 heavy (non-hydrogen) atoms. The predicted molar refractivity (Wildman–Crippen MR) is 91.3 cm³/mol. The van der Waals surface area contributed by atoms with Crippen molar-refractivity contribution in [2.45, 2.75) is 39.2 Å². The van der Waals surface area contributed by atoms with Gasteiger partial charge >= 0.3 is 5.97 Å². The summed E-state index contributed by atoms with van der Waals surface area (Å²) in [6.45, 7) is 6.88. The second kappa shape index (κ2) is 7.67. The van der Waals surface area contributed by atoms with Crippen LogP contribution in [0.5, 0.6) is 5.75 Å². The third kappa shape index (κ3) is 4.74. The van der Waals surface area contributed by atoms with Crippen molar-refractivity contribution in [3.63, 3.8) is 0 Å². The number of rotatable bonds is 7. The summed E-state index contributed by atoms with van der Waals surface area (Å²) < 4.78 is 4.97. The van der Waals surface area contributed by atoms with Gasteiger partial charge in [0.2, 0.25) is 0 Å². The lowest BCUT2D eigenvalue weighted by atomic mass is 9.97. The molecule has 0 aromatic heterocycles. The minimum absolute atomic E-state index is 0.0140. The number of carbonyl (C=O) groups is 1. The number of carbonyl (C=O) groups excluding carboxylic acids is 1. The summed E-state index contributed by atoms with van der Waals surface area (Å²) in [4.78, 5) is 16.1. The van der Waals surface area contributed by atoms with E-state index in [-0.39, 0.29) is 18.1 Å². The molecule has 0 bridgehead atoms. The highest BCUT2D eigenvalue weighted by Gasteiger charge is 2.28. The highest BCUT2D eigenvalue weighted by Crippen LogP contribution is 2.24. The first kappa shape index (κ1) is 18.5. The van der Waals surface area contributed by atoms with Crippen molar-refractivity contribution in [2.75, 3.05) is 6.61 Å². The first-order chi connectivity index (χ1) is 10.7. The fourth-order valence-electron chi connectivity index (χ4n) is 1.93. The fourth-order valence-corrected chi connectivity index (χ4v) is 1.93. The summed E-state index contributed by atoms with van der Waals surface area (Å²) in [5.41, 5.74) is 0.329.